The summed E-state index contributed by atoms with van der Waals surface area (Å²) in [6, 6.07) is 0. The van der Waals surface area contributed by atoms with Gasteiger partial charge in [0, 0.05) is 6.42 Å². The lowest BCUT2D eigenvalue weighted by Crippen LogP contribution is -2.27. The fourth-order valence-electron chi connectivity index (χ4n) is 0.839. The van der Waals surface area contributed by atoms with E-state index in [-0.39, 0.29) is 13.0 Å². The molecule has 1 N–H and O–H groups in total. The molecule has 1 rings (SSSR count). The Morgan fingerprint density at radius 1 is 1.40 bits per heavy atom. The summed E-state index contributed by atoms with van der Waals surface area (Å²) >= 11 is 0. The summed E-state index contributed by atoms with van der Waals surface area (Å²) in [5.41, 5.74) is 0. The van der Waals surface area contributed by atoms with Crippen LogP contribution in [-0.4, -0.2) is 30.1 Å². The van der Waals surface area contributed by atoms with Gasteiger partial charge in [0.15, 0.2) is 6.10 Å². The van der Waals surface area contributed by atoms with E-state index in [1.807, 2.05) is 0 Å². The highest BCUT2D eigenvalue weighted by atomic mass is 19.4. The zero-order valence-corrected chi connectivity index (χ0v) is 5.06. The van der Waals surface area contributed by atoms with Crippen molar-refractivity contribution in [2.24, 2.45) is 0 Å². The standard InChI is InChI=1S/C5H7F3O2/c6-5(7,8)4-1-3(9)2-10-4/h3-4,9H,1-2H2/t3-,4-/m0/s1. The van der Waals surface area contributed by atoms with Gasteiger partial charge in [0.25, 0.3) is 0 Å². The monoisotopic (exact) mass is 156 g/mol. The molecule has 0 aromatic rings. The zero-order valence-electron chi connectivity index (χ0n) is 5.06. The van der Waals surface area contributed by atoms with Crippen molar-refractivity contribution in [1.82, 2.24) is 0 Å². The van der Waals surface area contributed by atoms with Crippen LogP contribution in [0.5, 0.6) is 0 Å². The SMILES string of the molecule is O[C@@H]1CO[C@H](C(F)(F)F)C1. The summed E-state index contributed by atoms with van der Waals surface area (Å²) in [5.74, 6) is 0. The lowest BCUT2D eigenvalue weighted by Gasteiger charge is -2.12. The van der Waals surface area contributed by atoms with Crippen molar-refractivity contribution in [3.05, 3.63) is 0 Å². The number of aliphatic hydroxyl groups is 1. The van der Waals surface area contributed by atoms with Crippen molar-refractivity contribution in [1.29, 1.82) is 0 Å². The maximum atomic E-state index is 11.7. The summed E-state index contributed by atoms with van der Waals surface area (Å²) in [6.07, 6.45) is -7.37. The third-order valence-corrected chi connectivity index (χ3v) is 1.34. The van der Waals surface area contributed by atoms with Crippen LogP contribution < -0.4 is 0 Å². The third kappa shape index (κ3) is 1.60. The predicted octanol–water partition coefficient (Wildman–Crippen LogP) is 0.698. The molecule has 1 saturated heterocycles. The minimum atomic E-state index is -4.32. The molecule has 10 heavy (non-hydrogen) atoms. The van der Waals surface area contributed by atoms with Gasteiger partial charge in [-0.25, -0.2) is 0 Å². The molecule has 0 aromatic carbocycles. The molecule has 2 nitrogen and oxygen atoms in total. The Balaban J connectivity index is 2.45. The molecule has 0 aromatic heterocycles. The van der Waals surface area contributed by atoms with Gasteiger partial charge >= 0.3 is 6.18 Å². The van der Waals surface area contributed by atoms with Crippen LogP contribution in [0.25, 0.3) is 0 Å². The van der Waals surface area contributed by atoms with E-state index in [1.54, 1.807) is 0 Å². The van der Waals surface area contributed by atoms with Crippen molar-refractivity contribution in [2.75, 3.05) is 6.61 Å². The maximum Gasteiger partial charge on any atom is 0.414 e. The highest BCUT2D eigenvalue weighted by Crippen LogP contribution is 2.29. The molecule has 0 unspecified atom stereocenters. The maximum absolute atomic E-state index is 11.7. The highest BCUT2D eigenvalue weighted by Gasteiger charge is 2.45. The molecule has 1 fully saturated rings. The van der Waals surface area contributed by atoms with Crippen molar-refractivity contribution in [2.45, 2.75) is 24.8 Å². The van der Waals surface area contributed by atoms with Gasteiger partial charge in [-0.3, -0.25) is 0 Å². The molecule has 0 amide bonds. The summed E-state index contributed by atoms with van der Waals surface area (Å²) in [4.78, 5) is 0. The van der Waals surface area contributed by atoms with Gasteiger partial charge in [-0.1, -0.05) is 0 Å². The molecule has 2 atom stereocenters. The quantitative estimate of drug-likeness (QED) is 0.559. The number of hydrogen-bond donors (Lipinski definition) is 1. The van der Waals surface area contributed by atoms with Crippen LogP contribution in [0, 0.1) is 0 Å². The number of ether oxygens (including phenoxy) is 1. The number of hydrogen-bond acceptors (Lipinski definition) is 2. The summed E-state index contributed by atoms with van der Waals surface area (Å²) in [7, 11) is 0. The number of halogens is 3. The van der Waals surface area contributed by atoms with Gasteiger partial charge in [0.05, 0.1) is 12.7 Å². The van der Waals surface area contributed by atoms with Gasteiger partial charge in [0.1, 0.15) is 0 Å². The van der Waals surface area contributed by atoms with E-state index in [9.17, 15) is 13.2 Å². The first-order valence-electron chi connectivity index (χ1n) is 2.86. The van der Waals surface area contributed by atoms with Crippen molar-refractivity contribution in [3.8, 4) is 0 Å². The first-order valence-corrected chi connectivity index (χ1v) is 2.86. The Bertz CT molecular complexity index is 123. The number of alkyl halides is 3. The van der Waals surface area contributed by atoms with Crippen LogP contribution >= 0.6 is 0 Å². The van der Waals surface area contributed by atoms with E-state index in [1.165, 1.54) is 0 Å². The Morgan fingerprint density at radius 2 is 2.00 bits per heavy atom. The van der Waals surface area contributed by atoms with Crippen LogP contribution in [0.1, 0.15) is 6.42 Å². The van der Waals surface area contributed by atoms with Gasteiger partial charge in [0.2, 0.25) is 0 Å². The van der Waals surface area contributed by atoms with Gasteiger partial charge < -0.3 is 9.84 Å². The molecule has 0 spiro atoms. The lowest BCUT2D eigenvalue weighted by molar-refractivity contribution is -0.206. The molecule has 1 aliphatic heterocycles. The second-order valence-electron chi connectivity index (χ2n) is 2.25. The molecular weight excluding hydrogens is 149 g/mol. The average Bonchev–Trinajstić information content (AvgIpc) is 2.11. The molecule has 5 heteroatoms. The van der Waals surface area contributed by atoms with E-state index in [4.69, 9.17) is 5.11 Å². The Kier molecular flexibility index (Phi) is 1.87. The van der Waals surface area contributed by atoms with Crippen LogP contribution in [0.4, 0.5) is 13.2 Å². The van der Waals surface area contributed by atoms with Crippen LogP contribution in [0.2, 0.25) is 0 Å². The van der Waals surface area contributed by atoms with Gasteiger partial charge in [-0.2, -0.15) is 13.2 Å². The molecule has 1 aliphatic rings. The second-order valence-corrected chi connectivity index (χ2v) is 2.25. The summed E-state index contributed by atoms with van der Waals surface area (Å²) < 4.78 is 39.3. The summed E-state index contributed by atoms with van der Waals surface area (Å²) in [5, 5.41) is 8.64. The predicted molar refractivity (Wildman–Crippen MR) is 26.4 cm³/mol. The molecule has 0 aliphatic carbocycles. The fraction of sp³-hybridized carbons (Fsp3) is 1.00. The molecule has 0 radical (unpaired) electrons. The van der Waals surface area contributed by atoms with Gasteiger partial charge in [-0.05, 0) is 0 Å². The molecule has 1 heterocycles. The van der Waals surface area contributed by atoms with Crippen molar-refractivity contribution < 1.29 is 23.0 Å². The molecule has 60 valence electrons. The molecule has 0 bridgehead atoms. The lowest BCUT2D eigenvalue weighted by atomic mass is 10.2. The number of aliphatic hydroxyl groups excluding tert-OH is 1. The Morgan fingerprint density at radius 3 is 2.20 bits per heavy atom. The number of rotatable bonds is 0. The van der Waals surface area contributed by atoms with Gasteiger partial charge in [-0.15, -0.1) is 0 Å². The van der Waals surface area contributed by atoms with E-state index in [0.29, 0.717) is 0 Å². The Hall–Kier alpha value is -0.290. The van der Waals surface area contributed by atoms with Crippen LogP contribution in [0.15, 0.2) is 0 Å². The van der Waals surface area contributed by atoms with E-state index >= 15 is 0 Å². The van der Waals surface area contributed by atoms with Crippen LogP contribution in [-0.2, 0) is 4.74 Å². The second kappa shape index (κ2) is 2.39. The normalized spacial score (nSPS) is 34.8. The average molecular weight is 156 g/mol. The first-order chi connectivity index (χ1) is 4.50. The zero-order chi connectivity index (χ0) is 7.78. The fourth-order valence-corrected chi connectivity index (χ4v) is 0.839. The van der Waals surface area contributed by atoms with E-state index < -0.39 is 18.4 Å². The third-order valence-electron chi connectivity index (χ3n) is 1.34. The smallest absolute Gasteiger partial charge is 0.391 e. The summed E-state index contributed by atoms with van der Waals surface area (Å²) in [6.45, 7) is -0.204. The van der Waals surface area contributed by atoms with Crippen molar-refractivity contribution >= 4 is 0 Å². The first kappa shape index (κ1) is 7.81. The highest BCUT2D eigenvalue weighted by molar-refractivity contribution is 4.77. The largest absolute Gasteiger partial charge is 0.414 e. The van der Waals surface area contributed by atoms with Crippen LogP contribution in [0.3, 0.4) is 0 Å². The topological polar surface area (TPSA) is 29.5 Å². The molecule has 0 saturated carbocycles. The molecular formula is C5H7F3O2. The van der Waals surface area contributed by atoms with Crippen molar-refractivity contribution in [3.63, 3.8) is 0 Å². The Labute approximate surface area is 55.6 Å². The minimum Gasteiger partial charge on any atom is -0.391 e. The van der Waals surface area contributed by atoms with E-state index in [2.05, 4.69) is 4.74 Å². The minimum absolute atomic E-state index is 0.204. The van der Waals surface area contributed by atoms with E-state index in [0.717, 1.165) is 0 Å².